The third-order valence-corrected chi connectivity index (χ3v) is 23.5. The first-order valence-corrected chi connectivity index (χ1v) is 29.9. The molecule has 1 saturated heterocycles. The van der Waals surface area contributed by atoms with Gasteiger partial charge < -0.3 is 44.5 Å². The fraction of sp³-hybridized carbons (Fsp3) is 0.735. The summed E-state index contributed by atoms with van der Waals surface area (Å²) < 4.78 is 4.94. The van der Waals surface area contributed by atoms with Gasteiger partial charge in [0, 0.05) is 25.2 Å². The summed E-state index contributed by atoms with van der Waals surface area (Å²) in [6.07, 6.45) is 30.6. The van der Waals surface area contributed by atoms with Gasteiger partial charge in [-0.1, -0.05) is 126 Å². The van der Waals surface area contributed by atoms with Gasteiger partial charge in [0.1, 0.15) is 0 Å². The molecule has 0 bridgehead atoms. The number of halogens is 1. The van der Waals surface area contributed by atoms with Crippen LogP contribution in [-0.2, 0) is 10.3 Å². The number of hydrogen-bond donors (Lipinski definition) is 3. The van der Waals surface area contributed by atoms with E-state index in [1.807, 2.05) is 69.3 Å². The van der Waals surface area contributed by atoms with Crippen LogP contribution in [0, 0.1) is 88.3 Å². The third-order valence-electron chi connectivity index (χ3n) is 23.5. The van der Waals surface area contributed by atoms with Gasteiger partial charge >= 0.3 is 23.1 Å². The molecule has 1 heterocycles. The summed E-state index contributed by atoms with van der Waals surface area (Å²) in [6.45, 7) is 23.2. The van der Waals surface area contributed by atoms with Gasteiger partial charge in [0.15, 0.2) is 5.78 Å². The Morgan fingerprint density at radius 1 is 0.627 bits per heavy atom. The smallest absolute Gasteiger partial charge is 1.00 e. The molecule has 8 aliphatic carbocycles. The number of carbonyl (C=O) groups excluding carboxylic acids is 1. The van der Waals surface area contributed by atoms with Crippen LogP contribution in [0.25, 0.3) is 0 Å². The Kier molecular flexibility index (Phi) is 20.8. The van der Waals surface area contributed by atoms with E-state index in [9.17, 15) is 20.1 Å². The van der Waals surface area contributed by atoms with E-state index in [1.54, 1.807) is 11.1 Å². The summed E-state index contributed by atoms with van der Waals surface area (Å²) in [5, 5.41) is 32.6. The molecule has 7 fully saturated rings. The molecule has 414 valence electrons. The van der Waals surface area contributed by atoms with Crippen molar-refractivity contribution in [2.45, 2.75) is 220 Å². The van der Waals surface area contributed by atoms with E-state index in [-0.39, 0.29) is 47.5 Å². The Hall–Kier alpha value is -1.32. The predicted molar refractivity (Wildman–Crippen MR) is 307 cm³/mol. The van der Waals surface area contributed by atoms with Gasteiger partial charge in [0.2, 0.25) is 0 Å². The fourth-order valence-electron chi connectivity index (χ4n) is 19.0. The van der Waals surface area contributed by atoms with Crippen molar-refractivity contribution in [1.29, 1.82) is 0 Å². The Morgan fingerprint density at radius 3 is 1.51 bits per heavy atom. The average molecular weight is 1100 g/mol. The van der Waals surface area contributed by atoms with Gasteiger partial charge in [-0.15, -0.1) is 0 Å². The van der Waals surface area contributed by atoms with Crippen molar-refractivity contribution < 1.29 is 41.8 Å². The van der Waals surface area contributed by atoms with E-state index in [0.29, 0.717) is 45.7 Å². The molecule has 2 aromatic rings. The number of ketones is 1. The minimum Gasteiger partial charge on any atom is -1.00 e. The molecular formula is C68H103BrMgO5. The zero-order valence-electron chi connectivity index (χ0n) is 48.9. The van der Waals surface area contributed by atoms with Crippen LogP contribution in [0.15, 0.2) is 84.0 Å². The van der Waals surface area contributed by atoms with Crippen LogP contribution in [0.4, 0.5) is 0 Å². The summed E-state index contributed by atoms with van der Waals surface area (Å²) in [4.78, 5) is 12.7. The fourth-order valence-corrected chi connectivity index (χ4v) is 19.0. The molecule has 2 aromatic carbocycles. The van der Waals surface area contributed by atoms with E-state index >= 15 is 0 Å². The van der Waals surface area contributed by atoms with Crippen molar-refractivity contribution in [3.63, 3.8) is 0 Å². The first-order chi connectivity index (χ1) is 34.1. The molecule has 1 unspecified atom stereocenters. The number of allylic oxidation sites excluding steroid dienone is 2. The Morgan fingerprint density at radius 2 is 1.07 bits per heavy atom. The molecule has 0 spiro atoms. The first-order valence-electron chi connectivity index (χ1n) is 29.9. The monoisotopic (exact) mass is 1100 g/mol. The third kappa shape index (κ3) is 12.8. The van der Waals surface area contributed by atoms with Gasteiger partial charge in [0.05, 0.1) is 16.8 Å². The summed E-state index contributed by atoms with van der Waals surface area (Å²) in [5.74, 6) is 7.97. The Labute approximate surface area is 484 Å². The SMILES string of the molecule is C1CCOC1.C[C@H](CCC(=O)c1ccccc1)[C@H]1CC[C@H]2[C@@H]3CC=C4C[C@@](C)(O)CC[C@]4(C)[C@H]3CC[C@]12C.C[C@H](CCC(C)(O)c1ccccc1)[C@H]1CC[C@H]2[C@@H]3CC=C4C[C@@](C)(O)CC[C@]4(C)[C@H]3CC[C@]12C.[Br-].[CH3-].[Mg+2]. The molecule has 7 heteroatoms. The second-order valence-electron chi connectivity index (χ2n) is 28.1. The predicted octanol–water partition coefficient (Wildman–Crippen LogP) is 13.1. The van der Waals surface area contributed by atoms with Crippen LogP contribution in [-0.4, -0.2) is 68.6 Å². The maximum Gasteiger partial charge on any atom is 2.00 e. The minimum atomic E-state index is -0.743. The van der Waals surface area contributed by atoms with Crippen LogP contribution < -0.4 is 17.0 Å². The zero-order valence-corrected chi connectivity index (χ0v) is 51.9. The van der Waals surface area contributed by atoms with Gasteiger partial charge in [0.25, 0.3) is 0 Å². The maximum atomic E-state index is 12.7. The van der Waals surface area contributed by atoms with E-state index in [4.69, 9.17) is 4.74 Å². The number of fused-ring (bicyclic) bond motifs is 10. The molecule has 0 amide bonds. The van der Waals surface area contributed by atoms with Gasteiger partial charge in [-0.05, 0) is 242 Å². The second-order valence-corrected chi connectivity index (χ2v) is 28.1. The number of ether oxygens (including phenoxy) is 1. The number of benzene rings is 2. The molecule has 6 saturated carbocycles. The molecule has 0 aromatic heterocycles. The Bertz CT molecular complexity index is 2230. The minimum absolute atomic E-state index is 0. The Balaban J connectivity index is 0.000000215. The normalized spacial score (nSPS) is 40.6. The van der Waals surface area contributed by atoms with Gasteiger partial charge in [-0.25, -0.2) is 0 Å². The van der Waals surface area contributed by atoms with Crippen molar-refractivity contribution in [3.8, 4) is 0 Å². The van der Waals surface area contributed by atoms with Crippen molar-refractivity contribution in [2.75, 3.05) is 13.2 Å². The maximum absolute atomic E-state index is 12.7. The second kappa shape index (κ2) is 24.8. The quantitative estimate of drug-likeness (QED) is 0.0955. The van der Waals surface area contributed by atoms with Gasteiger partial charge in [-0.2, -0.15) is 0 Å². The van der Waals surface area contributed by atoms with Gasteiger partial charge in [-0.3, -0.25) is 4.79 Å². The number of carbonyl (C=O) groups is 1. The first kappa shape index (κ1) is 62.9. The van der Waals surface area contributed by atoms with Crippen molar-refractivity contribution in [1.82, 2.24) is 0 Å². The summed E-state index contributed by atoms with van der Waals surface area (Å²) in [7, 11) is 0. The molecule has 17 atom stereocenters. The van der Waals surface area contributed by atoms with E-state index in [1.165, 1.54) is 77.0 Å². The van der Waals surface area contributed by atoms with E-state index < -0.39 is 16.8 Å². The molecule has 5 nitrogen and oxygen atoms in total. The molecule has 3 N–H and O–H groups in total. The topological polar surface area (TPSA) is 87.0 Å². The van der Waals surface area contributed by atoms with Crippen LogP contribution in [0.2, 0.25) is 0 Å². The summed E-state index contributed by atoms with van der Waals surface area (Å²) >= 11 is 0. The molecule has 0 radical (unpaired) electrons. The zero-order chi connectivity index (χ0) is 51.3. The number of hydrogen-bond acceptors (Lipinski definition) is 5. The molecule has 9 aliphatic rings. The molecule has 75 heavy (non-hydrogen) atoms. The van der Waals surface area contributed by atoms with Crippen molar-refractivity contribution in [3.05, 3.63) is 103 Å². The van der Waals surface area contributed by atoms with Crippen LogP contribution in [0.1, 0.15) is 219 Å². The summed E-state index contributed by atoms with van der Waals surface area (Å²) in [6, 6.07) is 20.0. The summed E-state index contributed by atoms with van der Waals surface area (Å²) in [5.41, 5.74) is 4.77. The van der Waals surface area contributed by atoms with E-state index in [0.717, 1.165) is 129 Å². The van der Waals surface area contributed by atoms with E-state index in [2.05, 4.69) is 65.8 Å². The van der Waals surface area contributed by atoms with Crippen LogP contribution in [0.5, 0.6) is 0 Å². The molecular weight excluding hydrogens is 1000 g/mol. The van der Waals surface area contributed by atoms with Crippen molar-refractivity contribution >= 4 is 28.8 Å². The average Bonchev–Trinajstić information content (AvgIpc) is 4.14. The molecule has 11 rings (SSSR count). The number of rotatable bonds is 10. The number of aliphatic hydroxyl groups is 3. The standard InChI is InChI=1S/C32H48O2.C31H44O2.C4H8O.CH3.BrH.Mg/c1-22(15-18-32(5,34)23-9-7-6-8-10-23)26-13-14-27-25-12-11-24-21-29(2,33)19-20-30(24,3)28(25)16-17-31(26,27)4;1-21(10-15-28(32)22-8-6-5-7-9-22)25-13-14-26-24-12-11-23-20-29(2,33)18-19-30(23,3)27(24)16-17-31(25,26)4;1-2-4-5-3-1;;;/h6-11,22,25-28,33-34H,12-21H2,1-5H3;5-9,11,21,24-27,33H,10,12-20H2,1-4H3;1-4H2;1H3;1H;/q;;;-1;;+2/p-1/t22-,25+,26-,27+,28+,29+,30+,31-,32?;21-,24+,25-,26+,27+,29+,30+,31-;;;;/m11..../s1. The number of Topliss-reactive ketones (excluding diaryl/α,β-unsaturated/α-hetero) is 1. The molecule has 1 aliphatic heterocycles. The van der Waals surface area contributed by atoms with Crippen molar-refractivity contribution in [2.24, 2.45) is 80.8 Å². The van der Waals surface area contributed by atoms with Crippen LogP contribution in [0.3, 0.4) is 0 Å². The van der Waals surface area contributed by atoms with Crippen LogP contribution >= 0.6 is 0 Å². The largest absolute Gasteiger partial charge is 2.00 e.